The van der Waals surface area contributed by atoms with Crippen LogP contribution < -0.4 is 5.73 Å². The molecule has 1 aliphatic heterocycles. The summed E-state index contributed by atoms with van der Waals surface area (Å²) in [5.41, 5.74) is 10.9. The molecule has 2 aromatic carbocycles. The van der Waals surface area contributed by atoms with Gasteiger partial charge in [0, 0.05) is 47.8 Å². The number of ether oxygens (including phenoxy) is 1. The van der Waals surface area contributed by atoms with E-state index >= 15 is 0 Å². The van der Waals surface area contributed by atoms with Gasteiger partial charge < -0.3 is 20.3 Å². The van der Waals surface area contributed by atoms with Crippen LogP contribution in [0.3, 0.4) is 0 Å². The molecular weight excluding hydrogens is 456 g/mol. The fourth-order valence-corrected chi connectivity index (χ4v) is 4.60. The number of rotatable bonds is 5. The number of carbonyl (C=O) groups is 3. The van der Waals surface area contributed by atoms with Gasteiger partial charge in [0.2, 0.25) is 5.91 Å². The maximum absolute atomic E-state index is 13.4. The van der Waals surface area contributed by atoms with Gasteiger partial charge in [-0.15, -0.1) is 0 Å². The molecule has 0 bridgehead atoms. The van der Waals surface area contributed by atoms with Crippen molar-refractivity contribution in [1.29, 1.82) is 0 Å². The van der Waals surface area contributed by atoms with Crippen LogP contribution in [-0.2, 0) is 4.74 Å². The number of hydrogen-bond donors (Lipinski definition) is 1. The Bertz CT molecular complexity index is 1320. The average molecular weight is 489 g/mol. The lowest BCUT2D eigenvalue weighted by Gasteiger charge is -2.39. The Hall–Kier alpha value is -3.94. The number of pyridine rings is 1. The number of carbonyl (C=O) groups excluding carboxylic acids is 3. The van der Waals surface area contributed by atoms with Crippen molar-refractivity contribution in [2.45, 2.75) is 40.2 Å². The monoisotopic (exact) mass is 488 g/mol. The fraction of sp³-hybridized carbons (Fsp3) is 0.357. The third-order valence-electron chi connectivity index (χ3n) is 6.82. The first kappa shape index (κ1) is 25.2. The molecule has 0 spiro atoms. The average Bonchev–Trinajstić information content (AvgIpc) is 2.88. The maximum atomic E-state index is 13.4. The van der Waals surface area contributed by atoms with E-state index in [9.17, 15) is 14.4 Å². The Balaban J connectivity index is 1.59. The summed E-state index contributed by atoms with van der Waals surface area (Å²) in [5, 5.41) is 0.985. The number of benzene rings is 2. The molecule has 36 heavy (non-hydrogen) atoms. The molecule has 0 aliphatic carbocycles. The SMILES string of the molecule is CCCOC(=O)N1CCN(C(=O)c2ccc3c(C)c(C)c(-c4ccc(C(N)=O)cc4)nc3c2)C[C@H]1C. The minimum atomic E-state index is -0.475. The molecule has 4 rings (SSSR count). The molecule has 1 fully saturated rings. The highest BCUT2D eigenvalue weighted by molar-refractivity contribution is 5.99. The summed E-state index contributed by atoms with van der Waals surface area (Å²) in [5.74, 6) is -0.560. The predicted molar refractivity (Wildman–Crippen MR) is 139 cm³/mol. The van der Waals surface area contributed by atoms with E-state index in [4.69, 9.17) is 15.5 Å². The van der Waals surface area contributed by atoms with Crippen LogP contribution in [0, 0.1) is 13.8 Å². The van der Waals surface area contributed by atoms with Crippen molar-refractivity contribution in [3.63, 3.8) is 0 Å². The zero-order chi connectivity index (χ0) is 26.0. The van der Waals surface area contributed by atoms with Gasteiger partial charge in [-0.25, -0.2) is 9.78 Å². The van der Waals surface area contributed by atoms with E-state index in [1.54, 1.807) is 21.9 Å². The molecule has 0 unspecified atom stereocenters. The van der Waals surface area contributed by atoms with Gasteiger partial charge >= 0.3 is 6.09 Å². The van der Waals surface area contributed by atoms with Crippen LogP contribution in [0.25, 0.3) is 22.2 Å². The number of aromatic nitrogens is 1. The van der Waals surface area contributed by atoms with Crippen LogP contribution >= 0.6 is 0 Å². The molecule has 0 saturated carbocycles. The van der Waals surface area contributed by atoms with Crippen LogP contribution in [0.15, 0.2) is 42.5 Å². The molecule has 188 valence electrons. The van der Waals surface area contributed by atoms with Gasteiger partial charge in [0.1, 0.15) is 0 Å². The smallest absolute Gasteiger partial charge is 0.410 e. The van der Waals surface area contributed by atoms with Crippen molar-refractivity contribution >= 4 is 28.8 Å². The Morgan fingerprint density at radius 1 is 1.03 bits per heavy atom. The zero-order valence-corrected chi connectivity index (χ0v) is 21.2. The van der Waals surface area contributed by atoms with Crippen molar-refractivity contribution in [3.8, 4) is 11.3 Å². The summed E-state index contributed by atoms with van der Waals surface area (Å²) in [4.78, 5) is 45.4. The summed E-state index contributed by atoms with van der Waals surface area (Å²) >= 11 is 0. The summed E-state index contributed by atoms with van der Waals surface area (Å²) in [7, 11) is 0. The van der Waals surface area contributed by atoms with E-state index in [1.165, 1.54) is 0 Å². The van der Waals surface area contributed by atoms with Gasteiger partial charge in [-0.1, -0.05) is 25.1 Å². The van der Waals surface area contributed by atoms with Crippen LogP contribution in [0.2, 0.25) is 0 Å². The molecule has 1 aromatic heterocycles. The van der Waals surface area contributed by atoms with Crippen molar-refractivity contribution < 1.29 is 19.1 Å². The maximum Gasteiger partial charge on any atom is 0.410 e. The molecule has 1 saturated heterocycles. The third-order valence-corrected chi connectivity index (χ3v) is 6.82. The fourth-order valence-electron chi connectivity index (χ4n) is 4.60. The second-order valence-corrected chi connectivity index (χ2v) is 9.29. The summed E-state index contributed by atoms with van der Waals surface area (Å²) in [6, 6.07) is 12.5. The Morgan fingerprint density at radius 3 is 2.36 bits per heavy atom. The lowest BCUT2D eigenvalue weighted by Crippen LogP contribution is -2.55. The highest BCUT2D eigenvalue weighted by atomic mass is 16.6. The number of hydrogen-bond acceptors (Lipinski definition) is 5. The number of fused-ring (bicyclic) bond motifs is 1. The number of primary amides is 1. The lowest BCUT2D eigenvalue weighted by atomic mass is 9.97. The van der Waals surface area contributed by atoms with E-state index in [-0.39, 0.29) is 18.0 Å². The highest BCUT2D eigenvalue weighted by Crippen LogP contribution is 2.30. The quantitative estimate of drug-likeness (QED) is 0.576. The van der Waals surface area contributed by atoms with Crippen LogP contribution in [-0.4, -0.2) is 65.0 Å². The van der Waals surface area contributed by atoms with Gasteiger partial charge in [-0.3, -0.25) is 9.59 Å². The predicted octanol–water partition coefficient (Wildman–Crippen LogP) is 4.31. The van der Waals surface area contributed by atoms with Gasteiger partial charge in [0.25, 0.3) is 5.91 Å². The van der Waals surface area contributed by atoms with Gasteiger partial charge in [0.15, 0.2) is 0 Å². The minimum absolute atomic E-state index is 0.0854. The topological polar surface area (TPSA) is 106 Å². The zero-order valence-electron chi connectivity index (χ0n) is 21.2. The second kappa shape index (κ2) is 10.4. The highest BCUT2D eigenvalue weighted by Gasteiger charge is 2.31. The number of aryl methyl sites for hydroxylation is 1. The Morgan fingerprint density at radius 2 is 1.72 bits per heavy atom. The standard InChI is InChI=1S/C28H32N4O4/c1-5-14-36-28(35)32-13-12-31(16-17(32)2)27(34)22-10-11-23-18(3)19(4)25(30-24(23)15-22)20-6-8-21(9-7-20)26(29)33/h6-11,15,17H,5,12-14,16H2,1-4H3,(H2,29,33)/t17-/m1/s1. The second-order valence-electron chi connectivity index (χ2n) is 9.29. The van der Waals surface area contributed by atoms with Crippen LogP contribution in [0.1, 0.15) is 52.1 Å². The van der Waals surface area contributed by atoms with E-state index in [1.807, 2.05) is 58.0 Å². The minimum Gasteiger partial charge on any atom is -0.449 e. The molecule has 1 aliphatic rings. The third kappa shape index (κ3) is 4.89. The molecule has 2 heterocycles. The molecule has 3 amide bonds. The van der Waals surface area contributed by atoms with E-state index < -0.39 is 5.91 Å². The number of amides is 3. The molecule has 8 heteroatoms. The number of piperazine rings is 1. The normalized spacial score (nSPS) is 15.7. The first-order chi connectivity index (χ1) is 17.2. The molecule has 1 atom stereocenters. The van der Waals surface area contributed by atoms with E-state index in [2.05, 4.69) is 0 Å². The van der Waals surface area contributed by atoms with Gasteiger partial charge in [-0.2, -0.15) is 0 Å². The van der Waals surface area contributed by atoms with E-state index in [0.717, 1.165) is 39.7 Å². The molecular formula is C28H32N4O4. The van der Waals surface area contributed by atoms with E-state index in [0.29, 0.717) is 37.4 Å². The summed E-state index contributed by atoms with van der Waals surface area (Å²) in [6.07, 6.45) is 0.446. The summed E-state index contributed by atoms with van der Waals surface area (Å²) in [6.45, 7) is 9.66. The van der Waals surface area contributed by atoms with Gasteiger partial charge in [-0.05, 0) is 62.6 Å². The first-order valence-electron chi connectivity index (χ1n) is 12.2. The molecule has 2 N–H and O–H groups in total. The largest absolute Gasteiger partial charge is 0.449 e. The Labute approximate surface area is 211 Å². The molecule has 8 nitrogen and oxygen atoms in total. The molecule has 0 radical (unpaired) electrons. The number of nitrogens with zero attached hydrogens (tertiary/aromatic N) is 3. The van der Waals surface area contributed by atoms with Crippen LogP contribution in [0.5, 0.6) is 0 Å². The number of nitrogens with two attached hydrogens (primary N) is 1. The van der Waals surface area contributed by atoms with Crippen molar-refractivity contribution in [2.75, 3.05) is 26.2 Å². The van der Waals surface area contributed by atoms with Crippen molar-refractivity contribution in [2.24, 2.45) is 5.73 Å². The van der Waals surface area contributed by atoms with Crippen molar-refractivity contribution in [1.82, 2.24) is 14.8 Å². The van der Waals surface area contributed by atoms with Gasteiger partial charge in [0.05, 0.1) is 17.8 Å². The van der Waals surface area contributed by atoms with Crippen LogP contribution in [0.4, 0.5) is 4.79 Å². The Kier molecular flexibility index (Phi) is 7.24. The molecule has 3 aromatic rings. The lowest BCUT2D eigenvalue weighted by molar-refractivity contribution is 0.0412. The first-order valence-corrected chi connectivity index (χ1v) is 12.2. The van der Waals surface area contributed by atoms with Crippen molar-refractivity contribution in [3.05, 3.63) is 64.7 Å². The summed E-state index contributed by atoms with van der Waals surface area (Å²) < 4.78 is 5.27.